The first-order chi connectivity index (χ1) is 16.5. The molecule has 1 N–H and O–H groups in total. The lowest BCUT2D eigenvalue weighted by Crippen LogP contribution is -2.19. The molecule has 0 bridgehead atoms. The minimum Gasteiger partial charge on any atom is -0.489 e. The predicted octanol–water partition coefficient (Wildman–Crippen LogP) is 4.90. The largest absolute Gasteiger partial charge is 0.489 e. The van der Waals surface area contributed by atoms with Gasteiger partial charge in [-0.25, -0.2) is 8.42 Å². The number of halogens is 2. The van der Waals surface area contributed by atoms with E-state index < -0.39 is 15.4 Å². The van der Waals surface area contributed by atoms with Crippen molar-refractivity contribution in [1.29, 1.82) is 5.26 Å². The van der Waals surface area contributed by atoms with Gasteiger partial charge in [0.05, 0.1) is 28.9 Å². The van der Waals surface area contributed by atoms with Crippen LogP contribution in [-0.4, -0.2) is 37.4 Å². The maximum absolute atomic E-state index is 11.5. The zero-order chi connectivity index (χ0) is 25.6. The molecule has 0 amide bonds. The van der Waals surface area contributed by atoms with Crippen LogP contribution in [0.15, 0.2) is 48.7 Å². The summed E-state index contributed by atoms with van der Waals surface area (Å²) in [6.07, 6.45) is 2.50. The first-order valence-electron chi connectivity index (χ1n) is 10.5. The Labute approximate surface area is 214 Å². The average Bonchev–Trinajstić information content (AvgIpc) is 2.81. The van der Waals surface area contributed by atoms with Crippen LogP contribution in [0.1, 0.15) is 36.1 Å². The number of nitrogens with zero attached hydrogens (tertiary/aromatic N) is 3. The van der Waals surface area contributed by atoms with Gasteiger partial charge in [-0.1, -0.05) is 37.6 Å². The van der Waals surface area contributed by atoms with Gasteiger partial charge in [0.1, 0.15) is 25.0 Å². The second-order valence-electron chi connectivity index (χ2n) is 8.20. The molecule has 2 aromatic carbocycles. The SMILES string of the molecule is CC(C)(c1ccc(OCc2ccnnc2NS(C)(=O)=O)cc1)c1cc(Cl)c(OCCCl)c(C#N)c1. The fourth-order valence-corrected chi connectivity index (χ4v) is 4.23. The van der Waals surface area contributed by atoms with Crippen molar-refractivity contribution in [2.45, 2.75) is 25.9 Å². The number of hydrogen-bond donors (Lipinski definition) is 1. The Morgan fingerprint density at radius 2 is 1.83 bits per heavy atom. The molecule has 0 aliphatic rings. The standard InChI is InChI=1S/C24H24Cl2N4O4S/c1-24(2,19-12-17(14-27)22(21(26)13-19)33-11-9-25)18-4-6-20(7-5-18)34-15-16-8-10-28-29-23(16)30-35(3,31)32/h4-8,10,12-13H,9,11,15H2,1-3H3,(H,29,30). The molecule has 11 heteroatoms. The van der Waals surface area contributed by atoms with Crippen LogP contribution in [0, 0.1) is 11.3 Å². The fraction of sp³-hybridized carbons (Fsp3) is 0.292. The Bertz CT molecular complexity index is 1340. The molecular formula is C24H24Cl2N4O4S. The van der Waals surface area contributed by atoms with Crippen LogP contribution in [-0.2, 0) is 22.0 Å². The van der Waals surface area contributed by atoms with Crippen LogP contribution in [0.3, 0.4) is 0 Å². The normalized spacial score (nSPS) is 11.5. The van der Waals surface area contributed by atoms with Crippen LogP contribution < -0.4 is 14.2 Å². The molecule has 0 radical (unpaired) electrons. The lowest BCUT2D eigenvalue weighted by molar-refractivity contribution is 0.306. The maximum Gasteiger partial charge on any atom is 0.231 e. The highest BCUT2D eigenvalue weighted by Gasteiger charge is 2.26. The Morgan fingerprint density at radius 1 is 1.11 bits per heavy atom. The van der Waals surface area contributed by atoms with Gasteiger partial charge < -0.3 is 9.47 Å². The smallest absolute Gasteiger partial charge is 0.231 e. The minimum atomic E-state index is -3.50. The van der Waals surface area contributed by atoms with Crippen molar-refractivity contribution in [3.05, 3.63) is 75.9 Å². The Kier molecular flexibility index (Phi) is 8.43. The van der Waals surface area contributed by atoms with Gasteiger partial charge >= 0.3 is 0 Å². The molecule has 0 unspecified atom stereocenters. The van der Waals surface area contributed by atoms with E-state index in [1.807, 2.05) is 38.1 Å². The van der Waals surface area contributed by atoms with Gasteiger partial charge in [0.25, 0.3) is 0 Å². The number of alkyl halides is 1. The molecule has 3 aromatic rings. The zero-order valence-electron chi connectivity index (χ0n) is 19.4. The minimum absolute atomic E-state index is 0.0982. The Hall–Kier alpha value is -3.06. The number of nitrogens with one attached hydrogen (secondary N) is 1. The molecule has 0 fully saturated rings. The molecule has 0 saturated heterocycles. The van der Waals surface area contributed by atoms with Crippen molar-refractivity contribution < 1.29 is 17.9 Å². The van der Waals surface area contributed by atoms with Gasteiger partial charge in [-0.05, 0) is 41.5 Å². The molecule has 0 spiro atoms. The number of benzene rings is 2. The monoisotopic (exact) mass is 534 g/mol. The van der Waals surface area contributed by atoms with Crippen molar-refractivity contribution in [3.8, 4) is 17.6 Å². The van der Waals surface area contributed by atoms with E-state index in [4.69, 9.17) is 32.7 Å². The van der Waals surface area contributed by atoms with E-state index in [0.29, 0.717) is 27.6 Å². The van der Waals surface area contributed by atoms with Crippen molar-refractivity contribution >= 4 is 39.0 Å². The van der Waals surface area contributed by atoms with Crippen molar-refractivity contribution in [3.63, 3.8) is 0 Å². The highest BCUT2D eigenvalue weighted by Crippen LogP contribution is 2.38. The van der Waals surface area contributed by atoms with E-state index in [9.17, 15) is 13.7 Å². The molecule has 0 saturated carbocycles. The molecule has 8 nitrogen and oxygen atoms in total. The van der Waals surface area contributed by atoms with Gasteiger partial charge in [0.15, 0.2) is 11.6 Å². The number of sulfonamides is 1. The van der Waals surface area contributed by atoms with Gasteiger partial charge in [-0.15, -0.1) is 16.7 Å². The third-order valence-electron chi connectivity index (χ3n) is 5.27. The molecular weight excluding hydrogens is 511 g/mol. The summed E-state index contributed by atoms with van der Waals surface area (Å²) < 4.78 is 36.8. The highest BCUT2D eigenvalue weighted by atomic mass is 35.5. The van der Waals surface area contributed by atoms with E-state index in [-0.39, 0.29) is 24.9 Å². The maximum atomic E-state index is 11.5. The number of anilines is 1. The molecule has 35 heavy (non-hydrogen) atoms. The number of rotatable bonds is 10. The number of hydrogen-bond acceptors (Lipinski definition) is 7. The number of aromatic nitrogens is 2. The van der Waals surface area contributed by atoms with Gasteiger partial charge in [0, 0.05) is 11.0 Å². The van der Waals surface area contributed by atoms with E-state index >= 15 is 0 Å². The van der Waals surface area contributed by atoms with E-state index in [2.05, 4.69) is 21.0 Å². The summed E-state index contributed by atoms with van der Waals surface area (Å²) in [5.41, 5.74) is 2.25. The van der Waals surface area contributed by atoms with Crippen molar-refractivity contribution in [2.75, 3.05) is 23.5 Å². The van der Waals surface area contributed by atoms with Crippen LogP contribution in [0.5, 0.6) is 11.5 Å². The van der Waals surface area contributed by atoms with Crippen LogP contribution in [0.2, 0.25) is 5.02 Å². The Balaban J connectivity index is 1.79. The molecule has 3 rings (SSSR count). The summed E-state index contributed by atoms with van der Waals surface area (Å²) in [5, 5.41) is 17.5. The van der Waals surface area contributed by atoms with Crippen molar-refractivity contribution in [1.82, 2.24) is 10.2 Å². The molecule has 0 atom stereocenters. The molecule has 1 aromatic heterocycles. The second kappa shape index (κ2) is 11.1. The van der Waals surface area contributed by atoms with E-state index in [1.54, 1.807) is 18.2 Å². The summed E-state index contributed by atoms with van der Waals surface area (Å²) in [5.74, 6) is 1.33. The molecule has 184 valence electrons. The third-order valence-corrected chi connectivity index (χ3v) is 6.27. The lowest BCUT2D eigenvalue weighted by Gasteiger charge is -2.27. The summed E-state index contributed by atoms with van der Waals surface area (Å²) in [4.78, 5) is 0. The highest BCUT2D eigenvalue weighted by molar-refractivity contribution is 7.92. The van der Waals surface area contributed by atoms with Gasteiger partial charge in [-0.3, -0.25) is 4.72 Å². The predicted molar refractivity (Wildman–Crippen MR) is 136 cm³/mol. The van der Waals surface area contributed by atoms with Crippen LogP contribution in [0.4, 0.5) is 5.82 Å². The lowest BCUT2D eigenvalue weighted by atomic mass is 9.77. The summed E-state index contributed by atoms with van der Waals surface area (Å²) in [6, 6.07) is 14.8. The third kappa shape index (κ3) is 6.75. The summed E-state index contributed by atoms with van der Waals surface area (Å²) in [7, 11) is -3.50. The summed E-state index contributed by atoms with van der Waals surface area (Å²) in [6.45, 7) is 4.41. The first kappa shape index (κ1) is 26.5. The molecule has 1 heterocycles. The fourth-order valence-electron chi connectivity index (χ4n) is 3.36. The van der Waals surface area contributed by atoms with E-state index in [0.717, 1.165) is 17.4 Å². The second-order valence-corrected chi connectivity index (χ2v) is 10.7. The van der Waals surface area contributed by atoms with Crippen molar-refractivity contribution in [2.24, 2.45) is 0 Å². The number of ether oxygens (including phenoxy) is 2. The molecule has 0 aliphatic heterocycles. The number of nitriles is 1. The first-order valence-corrected chi connectivity index (χ1v) is 13.3. The van der Waals surface area contributed by atoms with E-state index in [1.165, 1.54) is 6.20 Å². The van der Waals surface area contributed by atoms with Crippen LogP contribution in [0.25, 0.3) is 0 Å². The quantitative estimate of drug-likeness (QED) is 0.368. The average molecular weight is 535 g/mol. The Morgan fingerprint density at radius 3 is 2.46 bits per heavy atom. The zero-order valence-corrected chi connectivity index (χ0v) is 21.7. The van der Waals surface area contributed by atoms with Crippen LogP contribution >= 0.6 is 23.2 Å². The topological polar surface area (TPSA) is 114 Å². The summed E-state index contributed by atoms with van der Waals surface area (Å²) >= 11 is 12.1. The van der Waals surface area contributed by atoms with Gasteiger partial charge in [0.2, 0.25) is 10.0 Å². The van der Waals surface area contributed by atoms with Gasteiger partial charge in [-0.2, -0.15) is 10.4 Å². The molecule has 0 aliphatic carbocycles.